The molecule has 0 spiro atoms. The van der Waals surface area contributed by atoms with Crippen LogP contribution < -0.4 is 15.4 Å². The molecule has 0 unspecified atom stereocenters. The van der Waals surface area contributed by atoms with Crippen molar-refractivity contribution in [2.24, 2.45) is 5.92 Å². The van der Waals surface area contributed by atoms with E-state index in [1.165, 1.54) is 29.4 Å². The van der Waals surface area contributed by atoms with Gasteiger partial charge in [0.1, 0.15) is 5.75 Å². The number of benzene rings is 2. The number of ether oxygens (including phenoxy) is 1. The van der Waals surface area contributed by atoms with Crippen molar-refractivity contribution in [3.63, 3.8) is 0 Å². The number of piperidine rings is 1. The molecule has 2 aliphatic rings. The SMILES string of the molecule is CC(=O)c1cccc(NC(=O)C2CCN(S(=O)(=O)c3ccc4c(c3)NC(=O)CO4)CC2)c1. The lowest BCUT2D eigenvalue weighted by molar-refractivity contribution is -0.121. The van der Waals surface area contributed by atoms with Gasteiger partial charge < -0.3 is 15.4 Å². The summed E-state index contributed by atoms with van der Waals surface area (Å²) >= 11 is 0. The van der Waals surface area contributed by atoms with Crippen molar-refractivity contribution >= 4 is 39.0 Å². The summed E-state index contributed by atoms with van der Waals surface area (Å²) in [5, 5.41) is 5.43. The maximum atomic E-state index is 13.1. The van der Waals surface area contributed by atoms with Crippen LogP contribution in [0.2, 0.25) is 0 Å². The zero-order valence-corrected chi connectivity index (χ0v) is 18.3. The summed E-state index contributed by atoms with van der Waals surface area (Å²) in [5.74, 6) is -0.538. The topological polar surface area (TPSA) is 122 Å². The second kappa shape index (κ2) is 8.71. The largest absolute Gasteiger partial charge is 0.482 e. The average Bonchev–Trinajstić information content (AvgIpc) is 2.78. The Hall–Kier alpha value is -3.24. The number of Topliss-reactive ketones (excluding diaryl/α,β-unsaturated/α-hetero) is 1. The monoisotopic (exact) mass is 457 g/mol. The number of fused-ring (bicyclic) bond motifs is 1. The molecule has 10 heteroatoms. The van der Waals surface area contributed by atoms with Crippen LogP contribution in [0.4, 0.5) is 11.4 Å². The maximum absolute atomic E-state index is 13.1. The molecule has 2 N–H and O–H groups in total. The van der Waals surface area contributed by atoms with E-state index in [1.807, 2.05) is 0 Å². The fraction of sp³-hybridized carbons (Fsp3) is 0.318. The Balaban J connectivity index is 1.40. The standard InChI is InChI=1S/C22H23N3O6S/c1-14(26)16-3-2-4-17(11-16)23-22(28)15-7-9-25(10-8-15)32(29,30)18-5-6-20-19(12-18)24-21(27)13-31-20/h2-6,11-12,15H,7-10,13H2,1H3,(H,23,28)(H,24,27). The normalized spacial score (nSPS) is 17.1. The van der Waals surface area contributed by atoms with E-state index in [1.54, 1.807) is 24.3 Å². The molecule has 2 heterocycles. The number of hydrogen-bond acceptors (Lipinski definition) is 6. The molecular weight excluding hydrogens is 434 g/mol. The lowest BCUT2D eigenvalue weighted by atomic mass is 9.97. The van der Waals surface area contributed by atoms with Gasteiger partial charge in [0, 0.05) is 30.3 Å². The molecule has 0 radical (unpaired) electrons. The molecule has 9 nitrogen and oxygen atoms in total. The summed E-state index contributed by atoms with van der Waals surface area (Å²) in [7, 11) is -3.78. The van der Waals surface area contributed by atoms with Gasteiger partial charge in [0.05, 0.1) is 10.6 Å². The number of rotatable bonds is 5. The predicted octanol–water partition coefficient (Wildman–Crippen LogP) is 2.26. The first-order valence-electron chi connectivity index (χ1n) is 10.2. The zero-order chi connectivity index (χ0) is 22.9. The smallest absolute Gasteiger partial charge is 0.262 e. The second-order valence-electron chi connectivity index (χ2n) is 7.80. The predicted molar refractivity (Wildman–Crippen MR) is 117 cm³/mol. The molecule has 0 aromatic heterocycles. The number of anilines is 2. The maximum Gasteiger partial charge on any atom is 0.262 e. The van der Waals surface area contributed by atoms with Gasteiger partial charge >= 0.3 is 0 Å². The molecule has 1 fully saturated rings. The van der Waals surface area contributed by atoms with Crippen LogP contribution in [0.15, 0.2) is 47.4 Å². The van der Waals surface area contributed by atoms with E-state index in [9.17, 15) is 22.8 Å². The second-order valence-corrected chi connectivity index (χ2v) is 9.74. The first kappa shape index (κ1) is 22.0. The van der Waals surface area contributed by atoms with Gasteiger partial charge in [-0.2, -0.15) is 4.31 Å². The fourth-order valence-corrected chi connectivity index (χ4v) is 5.29. The Morgan fingerprint density at radius 1 is 1.12 bits per heavy atom. The minimum Gasteiger partial charge on any atom is -0.482 e. The van der Waals surface area contributed by atoms with Gasteiger partial charge in [0.15, 0.2) is 12.4 Å². The fourth-order valence-electron chi connectivity index (χ4n) is 3.79. The van der Waals surface area contributed by atoms with E-state index in [4.69, 9.17) is 4.74 Å². The molecule has 4 rings (SSSR count). The number of carbonyl (C=O) groups excluding carboxylic acids is 3. The number of ketones is 1. The van der Waals surface area contributed by atoms with Crippen LogP contribution in [0.3, 0.4) is 0 Å². The van der Waals surface area contributed by atoms with Gasteiger partial charge in [-0.05, 0) is 50.1 Å². The van der Waals surface area contributed by atoms with Crippen molar-refractivity contribution in [2.45, 2.75) is 24.7 Å². The van der Waals surface area contributed by atoms with E-state index >= 15 is 0 Å². The van der Waals surface area contributed by atoms with Gasteiger partial charge in [-0.1, -0.05) is 12.1 Å². The van der Waals surface area contributed by atoms with Gasteiger partial charge in [0.25, 0.3) is 5.91 Å². The first-order chi connectivity index (χ1) is 15.2. The summed E-state index contributed by atoms with van der Waals surface area (Å²) in [5.41, 5.74) is 1.37. The highest BCUT2D eigenvalue weighted by atomic mass is 32.2. The van der Waals surface area contributed by atoms with Crippen LogP contribution in [0.1, 0.15) is 30.1 Å². The van der Waals surface area contributed by atoms with Crippen molar-refractivity contribution in [1.29, 1.82) is 0 Å². The van der Waals surface area contributed by atoms with E-state index in [-0.39, 0.29) is 48.1 Å². The third kappa shape index (κ3) is 4.51. The van der Waals surface area contributed by atoms with Crippen molar-refractivity contribution in [2.75, 3.05) is 30.3 Å². The minimum absolute atomic E-state index is 0.0611. The summed E-state index contributed by atoms with van der Waals surface area (Å²) in [4.78, 5) is 35.8. The zero-order valence-electron chi connectivity index (χ0n) is 17.5. The summed E-state index contributed by atoms with van der Waals surface area (Å²) in [6, 6.07) is 11.1. The van der Waals surface area contributed by atoms with Crippen LogP contribution in [-0.4, -0.2) is 50.0 Å². The number of amides is 2. The first-order valence-corrected chi connectivity index (χ1v) is 11.7. The molecule has 0 aliphatic carbocycles. The van der Waals surface area contributed by atoms with Crippen molar-refractivity contribution < 1.29 is 27.5 Å². The number of nitrogens with one attached hydrogen (secondary N) is 2. The van der Waals surface area contributed by atoms with Crippen molar-refractivity contribution in [1.82, 2.24) is 4.31 Å². The summed E-state index contributed by atoms with van der Waals surface area (Å²) in [6.07, 6.45) is 0.754. The lowest BCUT2D eigenvalue weighted by Crippen LogP contribution is -2.41. The van der Waals surface area contributed by atoms with E-state index < -0.39 is 10.0 Å². The molecule has 1 saturated heterocycles. The summed E-state index contributed by atoms with van der Waals surface area (Å²) in [6.45, 7) is 1.76. The molecule has 2 aliphatic heterocycles. The van der Waals surface area contributed by atoms with Gasteiger partial charge in [-0.25, -0.2) is 8.42 Å². The Labute approximate surface area is 185 Å². The molecule has 0 atom stereocenters. The van der Waals surface area contributed by atoms with Crippen LogP contribution in [-0.2, 0) is 19.6 Å². The van der Waals surface area contributed by atoms with Crippen molar-refractivity contribution in [3.8, 4) is 5.75 Å². The highest BCUT2D eigenvalue weighted by Crippen LogP contribution is 2.32. The highest BCUT2D eigenvalue weighted by Gasteiger charge is 2.33. The molecule has 2 aromatic rings. The van der Waals surface area contributed by atoms with Crippen LogP contribution in [0.5, 0.6) is 5.75 Å². The Bertz CT molecular complexity index is 1190. The van der Waals surface area contributed by atoms with Gasteiger partial charge in [-0.3, -0.25) is 14.4 Å². The van der Waals surface area contributed by atoms with E-state index in [0.29, 0.717) is 35.5 Å². The molecular formula is C22H23N3O6S. The highest BCUT2D eigenvalue weighted by molar-refractivity contribution is 7.89. The van der Waals surface area contributed by atoms with Gasteiger partial charge in [-0.15, -0.1) is 0 Å². The lowest BCUT2D eigenvalue weighted by Gasteiger charge is -2.31. The third-order valence-electron chi connectivity index (χ3n) is 5.58. The van der Waals surface area contributed by atoms with Gasteiger partial charge in [0.2, 0.25) is 15.9 Å². The van der Waals surface area contributed by atoms with Crippen molar-refractivity contribution in [3.05, 3.63) is 48.0 Å². The number of carbonyl (C=O) groups is 3. The average molecular weight is 458 g/mol. The molecule has 32 heavy (non-hydrogen) atoms. The number of sulfonamides is 1. The number of nitrogens with zero attached hydrogens (tertiary/aromatic N) is 1. The van der Waals surface area contributed by atoms with Crippen LogP contribution in [0, 0.1) is 5.92 Å². The minimum atomic E-state index is -3.78. The Morgan fingerprint density at radius 2 is 1.88 bits per heavy atom. The summed E-state index contributed by atoms with van der Waals surface area (Å²) < 4.78 is 32.7. The Kier molecular flexibility index (Phi) is 5.98. The molecule has 168 valence electrons. The molecule has 2 aromatic carbocycles. The van der Waals surface area contributed by atoms with Crippen LogP contribution in [0.25, 0.3) is 0 Å². The molecule has 2 amide bonds. The van der Waals surface area contributed by atoms with Crippen LogP contribution >= 0.6 is 0 Å². The van der Waals surface area contributed by atoms with E-state index in [2.05, 4.69) is 10.6 Å². The molecule has 0 saturated carbocycles. The quantitative estimate of drug-likeness (QED) is 0.664. The number of hydrogen-bond donors (Lipinski definition) is 2. The van der Waals surface area contributed by atoms with E-state index in [0.717, 1.165) is 0 Å². The molecule has 0 bridgehead atoms. The third-order valence-corrected chi connectivity index (χ3v) is 7.48. The Morgan fingerprint density at radius 3 is 2.59 bits per heavy atom.